The van der Waals surface area contributed by atoms with Crippen molar-refractivity contribution >= 4 is 18.0 Å². The van der Waals surface area contributed by atoms with Crippen molar-refractivity contribution in [2.75, 3.05) is 41.5 Å². The first-order valence-corrected chi connectivity index (χ1v) is 20.2. The highest BCUT2D eigenvalue weighted by atomic mass is 16.6. The first-order chi connectivity index (χ1) is 28.1. The van der Waals surface area contributed by atoms with E-state index >= 15 is 0 Å². The summed E-state index contributed by atoms with van der Waals surface area (Å²) >= 11 is 0. The Morgan fingerprint density at radius 3 is 1.64 bits per heavy atom. The van der Waals surface area contributed by atoms with E-state index in [-0.39, 0.29) is 35.8 Å². The van der Waals surface area contributed by atoms with Crippen molar-refractivity contribution in [1.29, 1.82) is 0 Å². The number of aryl methyl sites for hydroxylation is 2. The molecule has 2 aromatic heterocycles. The lowest BCUT2D eigenvalue weighted by Crippen LogP contribution is -2.40. The number of amides is 1. The van der Waals surface area contributed by atoms with Crippen LogP contribution < -0.4 is 14.8 Å². The van der Waals surface area contributed by atoms with Crippen LogP contribution >= 0.6 is 0 Å². The summed E-state index contributed by atoms with van der Waals surface area (Å²) in [6, 6.07) is 16.6. The zero-order valence-corrected chi connectivity index (χ0v) is 36.4. The third kappa shape index (κ3) is 10.8. The second kappa shape index (κ2) is 19.5. The van der Waals surface area contributed by atoms with Crippen LogP contribution in [0.15, 0.2) is 60.9 Å². The number of carbonyl (C=O) groups excluding carboxylic acids is 3. The third-order valence-electron chi connectivity index (χ3n) is 11.2. The number of pyridine rings is 2. The number of aromatic nitrogens is 2. The average molecular weight is 809 g/mol. The molecule has 2 aliphatic heterocycles. The second-order valence-corrected chi connectivity index (χ2v) is 16.4. The molecule has 1 N–H and O–H groups in total. The molecule has 0 aliphatic carbocycles. The summed E-state index contributed by atoms with van der Waals surface area (Å²) in [7, 11) is 6.02. The van der Waals surface area contributed by atoms with Gasteiger partial charge >= 0.3 is 18.0 Å². The average Bonchev–Trinajstić information content (AvgIpc) is 3.23. The molecule has 4 unspecified atom stereocenters. The molecule has 12 nitrogen and oxygen atoms in total. The van der Waals surface area contributed by atoms with Crippen LogP contribution in [0.5, 0.6) is 11.8 Å². The van der Waals surface area contributed by atoms with E-state index in [0.29, 0.717) is 24.8 Å². The first kappa shape index (κ1) is 44.6. The van der Waals surface area contributed by atoms with E-state index in [0.717, 1.165) is 64.9 Å². The summed E-state index contributed by atoms with van der Waals surface area (Å²) in [6.07, 6.45) is 5.07. The summed E-state index contributed by atoms with van der Waals surface area (Å²) in [5, 5.41) is 3.42. The molecular formula is C47H60N4O8. The SMILES string of the molecule is COC(=O)C(C)C(c1ccc2c(c1)CN(C(=O)OC(C)(C)C)CC2)c1cnc(OC)cc1C.COC(=O)C(C)C(c1ccc2c(c1)CNCC2)c1cnc(OC)cc1C. The summed E-state index contributed by atoms with van der Waals surface area (Å²) in [5.74, 6) is -0.518. The fraction of sp³-hybridized carbons (Fsp3) is 0.468. The molecule has 12 heteroatoms. The molecule has 0 fully saturated rings. The lowest BCUT2D eigenvalue weighted by Gasteiger charge is -2.32. The van der Waals surface area contributed by atoms with E-state index in [1.54, 1.807) is 25.3 Å². The van der Waals surface area contributed by atoms with Crippen molar-refractivity contribution in [3.63, 3.8) is 0 Å². The lowest BCUT2D eigenvalue weighted by atomic mass is 9.79. The minimum atomic E-state index is -0.543. The van der Waals surface area contributed by atoms with Crippen molar-refractivity contribution in [3.05, 3.63) is 117 Å². The van der Waals surface area contributed by atoms with Gasteiger partial charge in [0.15, 0.2) is 0 Å². The topological polar surface area (TPSA) is 138 Å². The molecule has 0 spiro atoms. The maximum Gasteiger partial charge on any atom is 0.410 e. The number of benzene rings is 2. The van der Waals surface area contributed by atoms with Gasteiger partial charge in [-0.2, -0.15) is 0 Å². The second-order valence-electron chi connectivity index (χ2n) is 16.4. The molecule has 0 radical (unpaired) electrons. The Bertz CT molecular complexity index is 2130. The number of carbonyl (C=O) groups is 3. The van der Waals surface area contributed by atoms with E-state index in [1.165, 1.54) is 30.9 Å². The molecule has 4 atom stereocenters. The van der Waals surface area contributed by atoms with Crippen LogP contribution in [0.3, 0.4) is 0 Å². The Morgan fingerprint density at radius 1 is 0.695 bits per heavy atom. The van der Waals surface area contributed by atoms with Gasteiger partial charge in [0.25, 0.3) is 0 Å². The maximum atomic E-state index is 12.6. The van der Waals surface area contributed by atoms with E-state index in [4.69, 9.17) is 23.7 Å². The molecule has 59 heavy (non-hydrogen) atoms. The Labute approximate surface area is 349 Å². The number of hydrogen-bond donors (Lipinski definition) is 1. The van der Waals surface area contributed by atoms with Gasteiger partial charge in [-0.25, -0.2) is 14.8 Å². The number of fused-ring (bicyclic) bond motifs is 2. The van der Waals surface area contributed by atoms with E-state index in [2.05, 4.69) is 51.7 Å². The van der Waals surface area contributed by atoms with Crippen LogP contribution in [-0.2, 0) is 49.7 Å². The number of methoxy groups -OCH3 is 4. The number of hydrogen-bond acceptors (Lipinski definition) is 11. The Kier molecular flexibility index (Phi) is 14.7. The summed E-state index contributed by atoms with van der Waals surface area (Å²) in [6.45, 7) is 16.3. The lowest BCUT2D eigenvalue weighted by molar-refractivity contribution is -0.146. The summed E-state index contributed by atoms with van der Waals surface area (Å²) < 4.78 is 26.2. The summed E-state index contributed by atoms with van der Waals surface area (Å²) in [5.41, 5.74) is 10.5. The van der Waals surface area contributed by atoms with Crippen molar-refractivity contribution in [2.45, 2.75) is 91.8 Å². The van der Waals surface area contributed by atoms with Gasteiger partial charge in [-0.15, -0.1) is 0 Å². The van der Waals surface area contributed by atoms with Crippen molar-refractivity contribution in [3.8, 4) is 11.8 Å². The predicted molar refractivity (Wildman–Crippen MR) is 226 cm³/mol. The molecule has 2 aliphatic rings. The molecule has 0 saturated heterocycles. The van der Waals surface area contributed by atoms with Crippen molar-refractivity contribution in [2.24, 2.45) is 11.8 Å². The van der Waals surface area contributed by atoms with Crippen LogP contribution in [0.25, 0.3) is 0 Å². The van der Waals surface area contributed by atoms with Crippen LogP contribution in [0.4, 0.5) is 4.79 Å². The van der Waals surface area contributed by atoms with Gasteiger partial charge in [0.05, 0.1) is 40.3 Å². The predicted octanol–water partition coefficient (Wildman–Crippen LogP) is 7.62. The van der Waals surface area contributed by atoms with Gasteiger partial charge in [0.2, 0.25) is 11.8 Å². The summed E-state index contributed by atoms with van der Waals surface area (Å²) in [4.78, 5) is 48.0. The third-order valence-corrected chi connectivity index (χ3v) is 11.2. The number of rotatable bonds is 10. The molecular weight excluding hydrogens is 749 g/mol. The van der Waals surface area contributed by atoms with Crippen molar-refractivity contribution in [1.82, 2.24) is 20.2 Å². The molecule has 0 bridgehead atoms. The monoisotopic (exact) mass is 808 g/mol. The van der Waals surface area contributed by atoms with Gasteiger partial charge in [0, 0.05) is 56.0 Å². The van der Waals surface area contributed by atoms with Crippen LogP contribution in [0.2, 0.25) is 0 Å². The molecule has 4 aromatic rings. The number of nitrogens with one attached hydrogen (secondary N) is 1. The van der Waals surface area contributed by atoms with Crippen LogP contribution in [0.1, 0.15) is 102 Å². The number of ether oxygens (including phenoxy) is 5. The Morgan fingerprint density at radius 2 is 1.19 bits per heavy atom. The molecule has 0 saturated carbocycles. The highest BCUT2D eigenvalue weighted by Crippen LogP contribution is 2.38. The fourth-order valence-corrected chi connectivity index (χ4v) is 8.02. The van der Waals surface area contributed by atoms with Gasteiger partial charge in [0.1, 0.15) is 5.60 Å². The van der Waals surface area contributed by atoms with Gasteiger partial charge in [-0.05, 0) is 110 Å². The molecule has 316 valence electrons. The van der Waals surface area contributed by atoms with Gasteiger partial charge in [-0.1, -0.05) is 50.2 Å². The van der Waals surface area contributed by atoms with E-state index < -0.39 is 11.5 Å². The Hall–Kier alpha value is -5.49. The first-order valence-electron chi connectivity index (χ1n) is 20.2. The molecule has 6 rings (SSSR count). The van der Waals surface area contributed by atoms with Crippen LogP contribution in [-0.4, -0.2) is 80.0 Å². The van der Waals surface area contributed by atoms with E-state index in [1.807, 2.05) is 66.8 Å². The number of esters is 2. The number of nitrogens with zero attached hydrogens (tertiary/aromatic N) is 3. The molecule has 2 aromatic carbocycles. The zero-order valence-electron chi connectivity index (χ0n) is 36.4. The normalized spacial score (nSPS) is 15.5. The van der Waals surface area contributed by atoms with E-state index in [9.17, 15) is 14.4 Å². The largest absolute Gasteiger partial charge is 0.481 e. The molecule has 4 heterocycles. The zero-order chi connectivity index (χ0) is 43.0. The quantitative estimate of drug-likeness (QED) is 0.125. The minimum absolute atomic E-state index is 0.118. The highest BCUT2D eigenvalue weighted by molar-refractivity contribution is 5.75. The highest BCUT2D eigenvalue weighted by Gasteiger charge is 2.33. The smallest absolute Gasteiger partial charge is 0.410 e. The molecule has 1 amide bonds. The Balaban J connectivity index is 0.000000230. The van der Waals surface area contributed by atoms with Crippen molar-refractivity contribution < 1.29 is 38.1 Å². The maximum absolute atomic E-state index is 12.6. The fourth-order valence-electron chi connectivity index (χ4n) is 8.02. The standard InChI is InChI=1S/C26H34N2O5.C21H26N2O3/c1-16-12-22(31-6)27-14-21(16)23(17(2)24(29)32-7)19-9-8-18-10-11-28(15-20(18)13-19)25(30)33-26(3,4)5;1-13-9-19(25-3)23-12-18(13)20(14(2)21(24)26-4)16-6-5-15-7-8-22-11-17(15)10-16/h8-9,12-14,17,23H,10-11,15H2,1-7H3;5-6,9-10,12,14,20,22H,7-8,11H2,1-4H3. The van der Waals surface area contributed by atoms with Gasteiger partial charge < -0.3 is 33.9 Å². The van der Waals surface area contributed by atoms with Gasteiger partial charge in [-0.3, -0.25) is 9.59 Å². The van der Waals surface area contributed by atoms with Crippen LogP contribution in [0, 0.1) is 25.7 Å². The minimum Gasteiger partial charge on any atom is -0.481 e.